The van der Waals surface area contributed by atoms with Crippen LogP contribution in [0.2, 0.25) is 0 Å². The molecule has 0 saturated heterocycles. The van der Waals surface area contributed by atoms with Gasteiger partial charge in [-0.05, 0) is 9.65 Å². The molecule has 1 rings (SSSR count). The lowest BCUT2D eigenvalue weighted by Crippen LogP contribution is -1.71. The Hall–Kier alpha value is -0.0200. The Bertz CT molecular complexity index is 228. The van der Waals surface area contributed by atoms with Crippen LogP contribution >= 0.6 is 34.2 Å². The molecule has 0 spiro atoms. The fourth-order valence-corrected chi connectivity index (χ4v) is 1.15. The summed E-state index contributed by atoms with van der Waals surface area (Å²) in [5.41, 5.74) is 1.07. The molecule has 0 unspecified atom stereocenters. The standard InChI is InChI=1S/C8H6ClI/c9-8(6-10)7-4-2-1-3-5-7/h1-6H/b8-6+. The van der Waals surface area contributed by atoms with Gasteiger partial charge < -0.3 is 0 Å². The lowest BCUT2D eigenvalue weighted by molar-refractivity contribution is 1.66. The normalized spacial score (nSPS) is 11.6. The predicted octanol–water partition coefficient (Wildman–Crippen LogP) is 3.66. The van der Waals surface area contributed by atoms with Crippen LogP contribution in [-0.4, -0.2) is 0 Å². The number of rotatable bonds is 1. The van der Waals surface area contributed by atoms with Gasteiger partial charge in [-0.1, -0.05) is 64.5 Å². The second kappa shape index (κ2) is 3.98. The van der Waals surface area contributed by atoms with E-state index in [1.54, 1.807) is 0 Å². The number of benzene rings is 1. The van der Waals surface area contributed by atoms with Crippen molar-refractivity contribution in [3.05, 3.63) is 40.0 Å². The molecule has 1 aromatic carbocycles. The summed E-state index contributed by atoms with van der Waals surface area (Å²) < 4.78 is 1.86. The van der Waals surface area contributed by atoms with Gasteiger partial charge in [0.25, 0.3) is 0 Å². The first kappa shape index (κ1) is 8.08. The van der Waals surface area contributed by atoms with E-state index in [1.807, 2.05) is 34.4 Å². The fourth-order valence-electron chi connectivity index (χ4n) is 0.660. The van der Waals surface area contributed by atoms with E-state index in [2.05, 4.69) is 22.6 Å². The minimum Gasteiger partial charge on any atom is -0.0832 e. The van der Waals surface area contributed by atoms with Gasteiger partial charge in [-0.2, -0.15) is 0 Å². The molecule has 10 heavy (non-hydrogen) atoms. The van der Waals surface area contributed by atoms with Crippen LogP contribution in [0.15, 0.2) is 34.4 Å². The average molecular weight is 264 g/mol. The van der Waals surface area contributed by atoms with E-state index in [0.29, 0.717) is 0 Å². The third kappa shape index (κ3) is 1.99. The van der Waals surface area contributed by atoms with Gasteiger partial charge in [-0.25, -0.2) is 0 Å². The van der Waals surface area contributed by atoms with E-state index in [4.69, 9.17) is 11.6 Å². The Morgan fingerprint density at radius 2 is 1.90 bits per heavy atom. The molecule has 0 radical (unpaired) electrons. The van der Waals surface area contributed by atoms with Crippen LogP contribution in [0.1, 0.15) is 5.56 Å². The SMILES string of the molecule is Cl/C(=C/I)c1ccccc1. The maximum atomic E-state index is 5.84. The number of hydrogen-bond acceptors (Lipinski definition) is 0. The summed E-state index contributed by atoms with van der Waals surface area (Å²) in [5, 5.41) is 0.793. The molecule has 0 atom stereocenters. The van der Waals surface area contributed by atoms with Crippen LogP contribution in [0.3, 0.4) is 0 Å². The summed E-state index contributed by atoms with van der Waals surface area (Å²) in [6.07, 6.45) is 0. The molecule has 0 fully saturated rings. The van der Waals surface area contributed by atoms with Crippen LogP contribution in [-0.2, 0) is 0 Å². The number of halogens is 2. The van der Waals surface area contributed by atoms with Crippen LogP contribution < -0.4 is 0 Å². The molecule has 2 heteroatoms. The van der Waals surface area contributed by atoms with Crippen molar-refractivity contribution >= 4 is 39.2 Å². The maximum Gasteiger partial charge on any atom is 0.0538 e. The Kier molecular flexibility index (Phi) is 3.22. The molecule has 0 amide bonds. The van der Waals surface area contributed by atoms with Crippen molar-refractivity contribution in [2.45, 2.75) is 0 Å². The van der Waals surface area contributed by atoms with Crippen LogP contribution in [0.25, 0.3) is 5.03 Å². The van der Waals surface area contributed by atoms with Crippen LogP contribution in [0.4, 0.5) is 0 Å². The van der Waals surface area contributed by atoms with Crippen LogP contribution in [0.5, 0.6) is 0 Å². The highest BCUT2D eigenvalue weighted by molar-refractivity contribution is 14.1. The largest absolute Gasteiger partial charge is 0.0832 e. The highest BCUT2D eigenvalue weighted by atomic mass is 127. The Morgan fingerprint density at radius 1 is 1.30 bits per heavy atom. The van der Waals surface area contributed by atoms with Crippen molar-refractivity contribution < 1.29 is 0 Å². The molecule has 52 valence electrons. The zero-order chi connectivity index (χ0) is 7.40. The molecule has 0 bridgehead atoms. The number of hydrogen-bond donors (Lipinski definition) is 0. The highest BCUT2D eigenvalue weighted by Gasteiger charge is 1.92. The molecule has 1 aromatic rings. The van der Waals surface area contributed by atoms with Gasteiger partial charge >= 0.3 is 0 Å². The molecule has 0 N–H and O–H groups in total. The minimum atomic E-state index is 0.793. The van der Waals surface area contributed by atoms with Gasteiger partial charge in [0.1, 0.15) is 0 Å². The molecule has 0 saturated carbocycles. The molecular formula is C8H6ClI. The van der Waals surface area contributed by atoms with Gasteiger partial charge in [-0.15, -0.1) is 0 Å². The lowest BCUT2D eigenvalue weighted by atomic mass is 10.2. The Morgan fingerprint density at radius 3 is 2.40 bits per heavy atom. The van der Waals surface area contributed by atoms with Crippen LogP contribution in [0, 0.1) is 0 Å². The van der Waals surface area contributed by atoms with E-state index < -0.39 is 0 Å². The Balaban J connectivity index is 2.96. The third-order valence-electron chi connectivity index (χ3n) is 1.15. The van der Waals surface area contributed by atoms with Gasteiger partial charge in [0.15, 0.2) is 0 Å². The zero-order valence-electron chi connectivity index (χ0n) is 5.22. The van der Waals surface area contributed by atoms with Crippen molar-refractivity contribution in [2.75, 3.05) is 0 Å². The summed E-state index contributed by atoms with van der Waals surface area (Å²) in [6.45, 7) is 0. The average Bonchev–Trinajstić information content (AvgIpc) is 2.05. The van der Waals surface area contributed by atoms with E-state index in [0.717, 1.165) is 10.6 Å². The summed E-state index contributed by atoms with van der Waals surface area (Å²) >= 11 is 7.97. The fraction of sp³-hybridized carbons (Fsp3) is 0. The van der Waals surface area contributed by atoms with Crippen molar-refractivity contribution in [3.8, 4) is 0 Å². The van der Waals surface area contributed by atoms with Gasteiger partial charge in [0, 0.05) is 0 Å². The first-order valence-corrected chi connectivity index (χ1v) is 4.48. The minimum absolute atomic E-state index is 0.793. The zero-order valence-corrected chi connectivity index (χ0v) is 8.13. The summed E-state index contributed by atoms with van der Waals surface area (Å²) in [7, 11) is 0. The van der Waals surface area contributed by atoms with Gasteiger partial charge in [-0.3, -0.25) is 0 Å². The van der Waals surface area contributed by atoms with E-state index in [-0.39, 0.29) is 0 Å². The van der Waals surface area contributed by atoms with Crippen molar-refractivity contribution in [3.63, 3.8) is 0 Å². The molecule has 0 aliphatic carbocycles. The van der Waals surface area contributed by atoms with E-state index in [9.17, 15) is 0 Å². The van der Waals surface area contributed by atoms with Gasteiger partial charge in [0.05, 0.1) is 5.03 Å². The van der Waals surface area contributed by atoms with Crippen molar-refractivity contribution in [1.29, 1.82) is 0 Å². The topological polar surface area (TPSA) is 0 Å². The second-order valence-electron chi connectivity index (χ2n) is 1.82. The molecule has 0 aromatic heterocycles. The molecule has 0 aliphatic rings. The van der Waals surface area contributed by atoms with Crippen molar-refractivity contribution in [2.24, 2.45) is 0 Å². The summed E-state index contributed by atoms with van der Waals surface area (Å²) in [4.78, 5) is 0. The smallest absolute Gasteiger partial charge is 0.0538 e. The second-order valence-corrected chi connectivity index (χ2v) is 2.85. The first-order chi connectivity index (χ1) is 4.84. The lowest BCUT2D eigenvalue weighted by Gasteiger charge is -1.94. The molecule has 0 nitrogen and oxygen atoms in total. The summed E-state index contributed by atoms with van der Waals surface area (Å²) in [5.74, 6) is 0. The summed E-state index contributed by atoms with van der Waals surface area (Å²) in [6, 6.07) is 9.88. The van der Waals surface area contributed by atoms with Crippen molar-refractivity contribution in [1.82, 2.24) is 0 Å². The van der Waals surface area contributed by atoms with E-state index in [1.165, 1.54) is 0 Å². The Labute approximate surface area is 79.0 Å². The maximum absolute atomic E-state index is 5.84. The quantitative estimate of drug-likeness (QED) is 0.679. The van der Waals surface area contributed by atoms with Gasteiger partial charge in [0.2, 0.25) is 0 Å². The monoisotopic (exact) mass is 264 g/mol. The predicted molar refractivity (Wildman–Crippen MR) is 54.3 cm³/mol. The van der Waals surface area contributed by atoms with E-state index >= 15 is 0 Å². The molecule has 0 aliphatic heterocycles. The highest BCUT2D eigenvalue weighted by Crippen LogP contribution is 2.19. The first-order valence-electron chi connectivity index (χ1n) is 2.86. The third-order valence-corrected chi connectivity index (χ3v) is 2.46. The molecular weight excluding hydrogens is 258 g/mol. The molecule has 0 heterocycles.